The molecule has 0 unspecified atom stereocenters. The number of nitrogens with one attached hydrogen (secondary N) is 1. The molecule has 0 aromatic heterocycles. The Kier molecular flexibility index (Phi) is 2.83. The fourth-order valence-electron chi connectivity index (χ4n) is 1.14. The zero-order valence-electron chi connectivity index (χ0n) is 7.56. The Morgan fingerprint density at radius 1 is 1.20 bits per heavy atom. The first-order valence-corrected chi connectivity index (χ1v) is 5.45. The molecule has 0 spiro atoms. The molecule has 76 valence electrons. The van der Waals surface area contributed by atoms with E-state index in [-0.39, 0.29) is 11.1 Å². The van der Waals surface area contributed by atoms with Crippen molar-refractivity contribution >= 4 is 41.6 Å². The maximum atomic E-state index is 11.2. The summed E-state index contributed by atoms with van der Waals surface area (Å²) in [6, 6.07) is 7.33. The van der Waals surface area contributed by atoms with Crippen molar-refractivity contribution in [1.29, 1.82) is 0 Å². The van der Waals surface area contributed by atoms with E-state index in [2.05, 4.69) is 17.9 Å². The third-order valence-corrected chi connectivity index (χ3v) is 2.94. The van der Waals surface area contributed by atoms with E-state index in [0.717, 1.165) is 22.2 Å². The van der Waals surface area contributed by atoms with E-state index in [1.165, 1.54) is 0 Å². The lowest BCUT2D eigenvalue weighted by Gasteiger charge is -1.95. The zero-order valence-corrected chi connectivity index (χ0v) is 9.27. The first-order valence-electron chi connectivity index (χ1n) is 4.19. The van der Waals surface area contributed by atoms with Crippen LogP contribution in [0.4, 0.5) is 4.79 Å². The van der Waals surface area contributed by atoms with Crippen molar-refractivity contribution in [2.45, 2.75) is 4.90 Å². The number of benzene rings is 1. The molecule has 0 saturated carbocycles. The maximum absolute atomic E-state index is 11.2. The van der Waals surface area contributed by atoms with Gasteiger partial charge in [-0.25, -0.2) is 0 Å². The number of rotatable bonds is 1. The summed E-state index contributed by atoms with van der Waals surface area (Å²) in [7, 11) is 0. The Bertz CT molecular complexity index is 451. The van der Waals surface area contributed by atoms with Crippen molar-refractivity contribution < 1.29 is 9.59 Å². The Labute approximate surface area is 96.3 Å². The highest BCUT2D eigenvalue weighted by Gasteiger charge is 2.24. The van der Waals surface area contributed by atoms with E-state index < -0.39 is 0 Å². The van der Waals surface area contributed by atoms with Crippen molar-refractivity contribution in [3.63, 3.8) is 0 Å². The quantitative estimate of drug-likeness (QED) is 0.582. The van der Waals surface area contributed by atoms with Crippen LogP contribution in [0, 0.1) is 0 Å². The van der Waals surface area contributed by atoms with Crippen LogP contribution in [0.15, 0.2) is 34.1 Å². The van der Waals surface area contributed by atoms with Crippen molar-refractivity contribution in [2.24, 2.45) is 0 Å². The number of carbonyl (C=O) groups excluding carboxylic acids is 2. The van der Waals surface area contributed by atoms with Gasteiger partial charge in [0.25, 0.3) is 11.1 Å². The van der Waals surface area contributed by atoms with Crippen LogP contribution >= 0.6 is 24.4 Å². The van der Waals surface area contributed by atoms with Crippen LogP contribution in [0.25, 0.3) is 6.08 Å². The van der Waals surface area contributed by atoms with Gasteiger partial charge in [0.1, 0.15) is 0 Å². The maximum Gasteiger partial charge on any atom is 0.290 e. The molecule has 1 N–H and O–H groups in total. The van der Waals surface area contributed by atoms with Crippen molar-refractivity contribution in [2.75, 3.05) is 0 Å². The van der Waals surface area contributed by atoms with E-state index >= 15 is 0 Å². The smallest absolute Gasteiger partial charge is 0.282 e. The van der Waals surface area contributed by atoms with E-state index in [1.807, 2.05) is 24.3 Å². The number of amides is 2. The molecule has 5 heteroatoms. The fourth-order valence-corrected chi connectivity index (χ4v) is 1.97. The molecule has 15 heavy (non-hydrogen) atoms. The molecule has 0 radical (unpaired) electrons. The molecule has 1 saturated heterocycles. The van der Waals surface area contributed by atoms with Crippen LogP contribution in [-0.2, 0) is 4.79 Å². The molecule has 2 amide bonds. The fraction of sp³-hybridized carbons (Fsp3) is 0. The minimum Gasteiger partial charge on any atom is -0.282 e. The molecule has 1 aromatic rings. The lowest BCUT2D eigenvalue weighted by atomic mass is 10.2. The second-order valence-corrected chi connectivity index (χ2v) is 4.47. The van der Waals surface area contributed by atoms with Gasteiger partial charge in [-0.2, -0.15) is 0 Å². The summed E-state index contributed by atoms with van der Waals surface area (Å²) < 4.78 is 0. The summed E-state index contributed by atoms with van der Waals surface area (Å²) in [6.07, 6.45) is 1.68. The zero-order chi connectivity index (χ0) is 10.8. The minimum absolute atomic E-state index is 0.322. The highest BCUT2D eigenvalue weighted by molar-refractivity contribution is 8.18. The number of hydrogen-bond donors (Lipinski definition) is 2. The van der Waals surface area contributed by atoms with Gasteiger partial charge in [-0.05, 0) is 35.5 Å². The van der Waals surface area contributed by atoms with E-state index in [4.69, 9.17) is 0 Å². The molecule has 1 aliphatic rings. The Balaban J connectivity index is 2.27. The monoisotopic (exact) mass is 237 g/mol. The van der Waals surface area contributed by atoms with Crippen LogP contribution in [0.3, 0.4) is 0 Å². The normalized spacial score (nSPS) is 18.3. The topological polar surface area (TPSA) is 46.2 Å². The van der Waals surface area contributed by atoms with Gasteiger partial charge in [-0.15, -0.1) is 12.6 Å². The van der Waals surface area contributed by atoms with Gasteiger partial charge in [0.15, 0.2) is 0 Å². The molecule has 0 atom stereocenters. The third kappa shape index (κ3) is 2.43. The lowest BCUT2D eigenvalue weighted by molar-refractivity contribution is -0.115. The molecule has 1 aliphatic heterocycles. The summed E-state index contributed by atoms with van der Waals surface area (Å²) in [5.74, 6) is -0.333. The molecule has 0 bridgehead atoms. The Morgan fingerprint density at radius 2 is 1.87 bits per heavy atom. The molecule has 3 nitrogen and oxygen atoms in total. The first kappa shape index (κ1) is 10.3. The van der Waals surface area contributed by atoms with E-state index in [9.17, 15) is 9.59 Å². The van der Waals surface area contributed by atoms with Gasteiger partial charge in [0.2, 0.25) is 0 Å². The van der Waals surface area contributed by atoms with Crippen LogP contribution in [0.1, 0.15) is 5.56 Å². The largest absolute Gasteiger partial charge is 0.290 e. The highest BCUT2D eigenvalue weighted by atomic mass is 32.2. The Hall–Kier alpha value is -1.20. The van der Waals surface area contributed by atoms with Gasteiger partial charge in [0, 0.05) is 4.90 Å². The van der Waals surface area contributed by atoms with Gasteiger partial charge in [-0.1, -0.05) is 12.1 Å². The molecule has 2 rings (SSSR count). The summed E-state index contributed by atoms with van der Waals surface area (Å²) in [6.45, 7) is 0. The van der Waals surface area contributed by atoms with Crippen molar-refractivity contribution in [3.05, 3.63) is 34.7 Å². The average Bonchev–Trinajstić information content (AvgIpc) is 2.49. The Morgan fingerprint density at radius 3 is 2.40 bits per heavy atom. The predicted molar refractivity (Wildman–Crippen MR) is 62.8 cm³/mol. The van der Waals surface area contributed by atoms with Crippen molar-refractivity contribution in [3.8, 4) is 0 Å². The number of imide groups is 1. The molecule has 1 aromatic carbocycles. The molecular weight excluding hydrogens is 230 g/mol. The number of thioether (sulfide) groups is 1. The molecule has 0 aliphatic carbocycles. The minimum atomic E-state index is -0.333. The third-order valence-electron chi connectivity index (χ3n) is 1.83. The standard InChI is InChI=1S/C10H7NO2S2/c12-9-8(15-10(13)11-9)5-6-1-3-7(14)4-2-6/h1-5,14H,(H,11,12,13)/b8-5+. The van der Waals surface area contributed by atoms with Gasteiger partial charge < -0.3 is 0 Å². The SMILES string of the molecule is O=C1NC(=O)/C(=C\c2ccc(S)cc2)S1. The van der Waals surface area contributed by atoms with E-state index in [0.29, 0.717) is 4.91 Å². The van der Waals surface area contributed by atoms with Crippen LogP contribution in [-0.4, -0.2) is 11.1 Å². The summed E-state index contributed by atoms with van der Waals surface area (Å²) in [5.41, 5.74) is 0.875. The summed E-state index contributed by atoms with van der Waals surface area (Å²) in [4.78, 5) is 23.4. The first-order chi connectivity index (χ1) is 7.15. The molecule has 1 fully saturated rings. The van der Waals surface area contributed by atoms with Crippen molar-refractivity contribution in [1.82, 2.24) is 5.32 Å². The number of hydrogen-bond acceptors (Lipinski definition) is 4. The number of carbonyl (C=O) groups is 2. The molecular formula is C10H7NO2S2. The highest BCUT2D eigenvalue weighted by Crippen LogP contribution is 2.25. The van der Waals surface area contributed by atoms with Gasteiger partial charge in [0.05, 0.1) is 4.91 Å². The van der Waals surface area contributed by atoms with Gasteiger partial charge >= 0.3 is 0 Å². The van der Waals surface area contributed by atoms with Crippen LogP contribution < -0.4 is 5.32 Å². The van der Waals surface area contributed by atoms with Gasteiger partial charge in [-0.3, -0.25) is 14.9 Å². The average molecular weight is 237 g/mol. The summed E-state index contributed by atoms with van der Waals surface area (Å²) in [5, 5.41) is 1.88. The lowest BCUT2D eigenvalue weighted by Crippen LogP contribution is -2.17. The number of thiol groups is 1. The summed E-state index contributed by atoms with van der Waals surface area (Å²) >= 11 is 5.07. The molecule has 1 heterocycles. The second-order valence-electron chi connectivity index (χ2n) is 2.94. The van der Waals surface area contributed by atoms with Crippen LogP contribution in [0.5, 0.6) is 0 Å². The second kappa shape index (κ2) is 4.12. The van der Waals surface area contributed by atoms with Crippen LogP contribution in [0.2, 0.25) is 0 Å². The predicted octanol–water partition coefficient (Wildman–Crippen LogP) is 2.30. The van der Waals surface area contributed by atoms with E-state index in [1.54, 1.807) is 6.08 Å².